The molecule has 0 saturated carbocycles. The van der Waals surface area contributed by atoms with E-state index in [4.69, 9.17) is 10.00 Å². The van der Waals surface area contributed by atoms with Gasteiger partial charge in [0.2, 0.25) is 5.91 Å². The number of hydrogen-bond donors (Lipinski definition) is 1. The Morgan fingerprint density at radius 1 is 1.17 bits per heavy atom. The number of para-hydroxylation sites is 1. The maximum Gasteiger partial charge on any atom is 0.270 e. The number of nitriles is 1. The van der Waals surface area contributed by atoms with E-state index in [0.717, 1.165) is 5.56 Å². The lowest BCUT2D eigenvalue weighted by Gasteiger charge is -2.11. The van der Waals surface area contributed by atoms with Crippen LogP contribution >= 0.6 is 0 Å². The molecule has 3 aromatic rings. The van der Waals surface area contributed by atoms with Crippen LogP contribution in [-0.4, -0.2) is 22.8 Å². The van der Waals surface area contributed by atoms with Gasteiger partial charge in [0.15, 0.2) is 0 Å². The monoisotopic (exact) mass is 388 g/mol. The van der Waals surface area contributed by atoms with Crippen LogP contribution in [-0.2, 0) is 17.8 Å². The van der Waals surface area contributed by atoms with Crippen molar-refractivity contribution in [2.45, 2.75) is 19.9 Å². The van der Waals surface area contributed by atoms with Crippen molar-refractivity contribution in [1.82, 2.24) is 9.78 Å². The smallest absolute Gasteiger partial charge is 0.270 e. The van der Waals surface area contributed by atoms with E-state index in [2.05, 4.69) is 10.4 Å². The van der Waals surface area contributed by atoms with E-state index in [1.54, 1.807) is 44.4 Å². The molecule has 0 radical (unpaired) electrons. The van der Waals surface area contributed by atoms with Crippen molar-refractivity contribution in [2.75, 3.05) is 12.4 Å². The highest BCUT2D eigenvalue weighted by atomic mass is 16.5. The number of ether oxygens (including phenoxy) is 1. The first-order valence-corrected chi connectivity index (χ1v) is 8.99. The first-order valence-electron chi connectivity index (χ1n) is 8.99. The molecule has 1 N–H and O–H groups in total. The topological polar surface area (TPSA) is 97.0 Å². The number of nitrogens with zero attached hydrogens (tertiary/aromatic N) is 3. The van der Waals surface area contributed by atoms with Crippen molar-refractivity contribution in [2.24, 2.45) is 0 Å². The van der Waals surface area contributed by atoms with Crippen molar-refractivity contribution >= 4 is 11.6 Å². The summed E-state index contributed by atoms with van der Waals surface area (Å²) in [6.45, 7) is 1.57. The number of methoxy groups -OCH3 is 1. The molecule has 0 fully saturated rings. The molecule has 2 aromatic carbocycles. The van der Waals surface area contributed by atoms with Gasteiger partial charge in [0.05, 0.1) is 24.4 Å². The average molecular weight is 388 g/mol. The highest BCUT2D eigenvalue weighted by molar-refractivity contribution is 5.90. The molecular weight excluding hydrogens is 368 g/mol. The summed E-state index contributed by atoms with van der Waals surface area (Å²) in [6, 6.07) is 17.7. The van der Waals surface area contributed by atoms with Gasteiger partial charge in [-0.25, -0.2) is 4.68 Å². The van der Waals surface area contributed by atoms with Gasteiger partial charge in [-0.2, -0.15) is 10.4 Å². The van der Waals surface area contributed by atoms with E-state index < -0.39 is 0 Å². The zero-order valence-corrected chi connectivity index (χ0v) is 16.2. The molecule has 1 amide bonds. The van der Waals surface area contributed by atoms with Gasteiger partial charge in [-0.3, -0.25) is 9.59 Å². The SMILES string of the molecule is COc1ccccc1Cc1cc(C)nn(CC(=O)Nc2ccc(C#N)cc2)c1=O. The zero-order chi connectivity index (χ0) is 20.8. The minimum absolute atomic E-state index is 0.209. The van der Waals surface area contributed by atoms with Gasteiger partial charge in [-0.05, 0) is 48.9 Å². The van der Waals surface area contributed by atoms with Gasteiger partial charge < -0.3 is 10.1 Å². The molecule has 0 aliphatic rings. The quantitative estimate of drug-likeness (QED) is 0.700. The first-order chi connectivity index (χ1) is 14.0. The Labute approximate surface area is 168 Å². The van der Waals surface area contributed by atoms with Crippen molar-refractivity contribution in [1.29, 1.82) is 5.26 Å². The Morgan fingerprint density at radius 2 is 1.90 bits per heavy atom. The predicted octanol–water partition coefficient (Wildman–Crippen LogP) is 2.66. The first kappa shape index (κ1) is 19.8. The largest absolute Gasteiger partial charge is 0.496 e. The fourth-order valence-electron chi connectivity index (χ4n) is 3.00. The summed E-state index contributed by atoms with van der Waals surface area (Å²) in [7, 11) is 1.59. The molecule has 0 saturated heterocycles. The van der Waals surface area contributed by atoms with Crippen LogP contribution in [0.4, 0.5) is 5.69 Å². The summed E-state index contributed by atoms with van der Waals surface area (Å²) in [5.41, 5.74) is 2.78. The second-order valence-corrected chi connectivity index (χ2v) is 6.50. The second-order valence-electron chi connectivity index (χ2n) is 6.50. The number of hydrogen-bond acceptors (Lipinski definition) is 5. The Hall–Kier alpha value is -3.92. The van der Waals surface area contributed by atoms with Crippen LogP contribution in [0.5, 0.6) is 5.75 Å². The van der Waals surface area contributed by atoms with E-state index in [1.807, 2.05) is 30.3 Å². The number of nitrogens with one attached hydrogen (secondary N) is 1. The summed E-state index contributed by atoms with van der Waals surface area (Å²) in [4.78, 5) is 25.2. The Bertz CT molecular complexity index is 1130. The standard InChI is InChI=1S/C22H20N4O3/c1-15-11-18(12-17-5-3-4-6-20(17)29-2)22(28)26(25-15)14-21(27)24-19-9-7-16(13-23)8-10-19/h3-11H,12,14H2,1-2H3,(H,24,27). The van der Waals surface area contributed by atoms with Gasteiger partial charge in [-0.15, -0.1) is 0 Å². The normalized spacial score (nSPS) is 10.2. The van der Waals surface area contributed by atoms with E-state index >= 15 is 0 Å². The summed E-state index contributed by atoms with van der Waals surface area (Å²) in [5, 5.41) is 15.7. The molecule has 0 aliphatic carbocycles. The van der Waals surface area contributed by atoms with Crippen LogP contribution in [0.25, 0.3) is 0 Å². The number of anilines is 1. The van der Waals surface area contributed by atoms with Gasteiger partial charge in [0.1, 0.15) is 12.3 Å². The lowest BCUT2D eigenvalue weighted by molar-refractivity contribution is -0.117. The Morgan fingerprint density at radius 3 is 2.59 bits per heavy atom. The summed E-state index contributed by atoms with van der Waals surface area (Å²) >= 11 is 0. The van der Waals surface area contributed by atoms with E-state index in [0.29, 0.717) is 34.7 Å². The molecule has 0 atom stereocenters. The van der Waals surface area contributed by atoms with Crippen molar-refractivity contribution < 1.29 is 9.53 Å². The summed E-state index contributed by atoms with van der Waals surface area (Å²) in [6.07, 6.45) is 0.378. The highest BCUT2D eigenvalue weighted by Crippen LogP contribution is 2.20. The minimum atomic E-state index is -0.377. The Kier molecular flexibility index (Phi) is 6.05. The van der Waals surface area contributed by atoms with E-state index in [9.17, 15) is 9.59 Å². The fourth-order valence-corrected chi connectivity index (χ4v) is 3.00. The number of carbonyl (C=O) groups excluding carboxylic acids is 1. The molecule has 3 rings (SSSR count). The van der Waals surface area contributed by atoms with Crippen LogP contribution in [0.2, 0.25) is 0 Å². The lowest BCUT2D eigenvalue weighted by Crippen LogP contribution is -2.32. The van der Waals surface area contributed by atoms with E-state index in [-0.39, 0.29) is 18.0 Å². The van der Waals surface area contributed by atoms with Crippen LogP contribution in [0.3, 0.4) is 0 Å². The van der Waals surface area contributed by atoms with Crippen molar-refractivity contribution in [3.05, 3.63) is 87.3 Å². The third kappa shape index (κ3) is 4.87. The van der Waals surface area contributed by atoms with Crippen LogP contribution in [0.1, 0.15) is 22.4 Å². The van der Waals surface area contributed by atoms with Gasteiger partial charge >= 0.3 is 0 Å². The minimum Gasteiger partial charge on any atom is -0.496 e. The molecule has 1 aromatic heterocycles. The van der Waals surface area contributed by atoms with Crippen LogP contribution < -0.4 is 15.6 Å². The third-order valence-electron chi connectivity index (χ3n) is 4.34. The number of rotatable bonds is 6. The van der Waals surface area contributed by atoms with Gasteiger partial charge in [0.25, 0.3) is 5.56 Å². The molecule has 0 spiro atoms. The maximum absolute atomic E-state index is 12.8. The Balaban J connectivity index is 1.80. The molecule has 0 aliphatic heterocycles. The predicted molar refractivity (Wildman–Crippen MR) is 109 cm³/mol. The molecule has 0 unspecified atom stereocenters. The van der Waals surface area contributed by atoms with Gasteiger partial charge in [0, 0.05) is 17.7 Å². The molecule has 146 valence electrons. The molecule has 7 nitrogen and oxygen atoms in total. The van der Waals surface area contributed by atoms with Crippen LogP contribution in [0, 0.1) is 18.3 Å². The fraction of sp³-hybridized carbons (Fsp3) is 0.182. The maximum atomic E-state index is 12.8. The number of aromatic nitrogens is 2. The third-order valence-corrected chi connectivity index (χ3v) is 4.34. The zero-order valence-electron chi connectivity index (χ0n) is 16.2. The number of amides is 1. The van der Waals surface area contributed by atoms with Crippen molar-refractivity contribution in [3.8, 4) is 11.8 Å². The van der Waals surface area contributed by atoms with Gasteiger partial charge in [-0.1, -0.05) is 18.2 Å². The second kappa shape index (κ2) is 8.85. The average Bonchev–Trinajstić information content (AvgIpc) is 2.72. The molecule has 0 bridgehead atoms. The number of carbonyl (C=O) groups is 1. The molecule has 29 heavy (non-hydrogen) atoms. The molecule has 7 heteroatoms. The highest BCUT2D eigenvalue weighted by Gasteiger charge is 2.13. The lowest BCUT2D eigenvalue weighted by atomic mass is 10.1. The summed E-state index contributed by atoms with van der Waals surface area (Å²) in [5.74, 6) is 0.324. The van der Waals surface area contributed by atoms with Crippen LogP contribution in [0.15, 0.2) is 59.4 Å². The van der Waals surface area contributed by atoms with E-state index in [1.165, 1.54) is 4.68 Å². The summed E-state index contributed by atoms with van der Waals surface area (Å²) < 4.78 is 6.52. The molecule has 1 heterocycles. The van der Waals surface area contributed by atoms with Crippen molar-refractivity contribution in [3.63, 3.8) is 0 Å². The number of aryl methyl sites for hydroxylation is 1. The molecular formula is C22H20N4O3. The number of benzene rings is 2.